The van der Waals surface area contributed by atoms with Crippen LogP contribution in [-0.4, -0.2) is 21.3 Å². The molecule has 0 spiro atoms. The van der Waals surface area contributed by atoms with E-state index in [1.807, 2.05) is 12.1 Å². The van der Waals surface area contributed by atoms with Crippen LogP contribution < -0.4 is 5.32 Å². The predicted molar refractivity (Wildman–Crippen MR) is 71.8 cm³/mol. The molecule has 2 rings (SSSR count). The average molecular weight is 261 g/mol. The Morgan fingerprint density at radius 2 is 2.05 bits per heavy atom. The molecule has 1 unspecified atom stereocenters. The number of aromatic hydroxyl groups is 1. The Bertz CT molecular complexity index is 508. The molecule has 1 heterocycles. The molecule has 0 amide bonds. The van der Waals surface area contributed by atoms with Gasteiger partial charge in [0, 0.05) is 13.0 Å². The van der Waals surface area contributed by atoms with E-state index in [0.29, 0.717) is 30.1 Å². The fraction of sp³-hybridized carbons (Fsp3) is 0.429. The Kier molecular flexibility index (Phi) is 4.52. The van der Waals surface area contributed by atoms with Gasteiger partial charge in [-0.3, -0.25) is 0 Å². The minimum absolute atomic E-state index is 0.308. The summed E-state index contributed by atoms with van der Waals surface area (Å²) in [5.41, 5.74) is 1.22. The first kappa shape index (κ1) is 13.5. The molecule has 0 saturated carbocycles. The van der Waals surface area contributed by atoms with Crippen molar-refractivity contribution in [1.82, 2.24) is 15.5 Å². The third-order valence-electron chi connectivity index (χ3n) is 2.98. The van der Waals surface area contributed by atoms with Crippen LogP contribution in [0.3, 0.4) is 0 Å². The molecule has 0 saturated heterocycles. The summed E-state index contributed by atoms with van der Waals surface area (Å²) in [6.07, 6.45) is 1.99. The molecule has 0 fully saturated rings. The van der Waals surface area contributed by atoms with Crippen LogP contribution in [0, 0.1) is 6.92 Å². The molecule has 0 aliphatic carbocycles. The van der Waals surface area contributed by atoms with Gasteiger partial charge in [-0.05, 0) is 37.5 Å². The first-order chi connectivity index (χ1) is 9.13. The summed E-state index contributed by atoms with van der Waals surface area (Å²) >= 11 is 0. The molecule has 1 aromatic carbocycles. The molecule has 5 heteroatoms. The van der Waals surface area contributed by atoms with Crippen molar-refractivity contribution in [3.05, 3.63) is 41.5 Å². The van der Waals surface area contributed by atoms with Gasteiger partial charge >= 0.3 is 0 Å². The summed E-state index contributed by atoms with van der Waals surface area (Å²) in [5.74, 6) is 1.59. The van der Waals surface area contributed by atoms with Crippen LogP contribution in [0.25, 0.3) is 0 Å². The van der Waals surface area contributed by atoms with Gasteiger partial charge in [-0.2, -0.15) is 4.98 Å². The van der Waals surface area contributed by atoms with Crippen LogP contribution >= 0.6 is 0 Å². The SMILES string of the molecule is Cc1nc(CNC(C)CCc2ccc(O)cc2)no1. The average Bonchev–Trinajstić information content (AvgIpc) is 2.81. The Morgan fingerprint density at radius 3 is 2.68 bits per heavy atom. The minimum Gasteiger partial charge on any atom is -0.508 e. The smallest absolute Gasteiger partial charge is 0.223 e. The largest absolute Gasteiger partial charge is 0.508 e. The fourth-order valence-electron chi connectivity index (χ4n) is 1.83. The molecule has 2 aromatic rings. The predicted octanol–water partition coefficient (Wildman–Crippen LogP) is 2.19. The van der Waals surface area contributed by atoms with E-state index < -0.39 is 0 Å². The highest BCUT2D eigenvalue weighted by molar-refractivity contribution is 5.25. The lowest BCUT2D eigenvalue weighted by atomic mass is 10.1. The van der Waals surface area contributed by atoms with E-state index >= 15 is 0 Å². The zero-order valence-corrected chi connectivity index (χ0v) is 11.3. The maximum atomic E-state index is 9.21. The third-order valence-corrected chi connectivity index (χ3v) is 2.98. The molecule has 0 aliphatic rings. The van der Waals surface area contributed by atoms with Crippen molar-refractivity contribution in [1.29, 1.82) is 0 Å². The molecule has 2 N–H and O–H groups in total. The molecule has 1 aromatic heterocycles. The highest BCUT2D eigenvalue weighted by Gasteiger charge is 2.06. The van der Waals surface area contributed by atoms with Crippen molar-refractivity contribution in [2.24, 2.45) is 0 Å². The van der Waals surface area contributed by atoms with Gasteiger partial charge in [0.2, 0.25) is 5.89 Å². The fourth-order valence-corrected chi connectivity index (χ4v) is 1.83. The quantitative estimate of drug-likeness (QED) is 0.834. The number of aromatic nitrogens is 2. The van der Waals surface area contributed by atoms with Gasteiger partial charge in [0.05, 0.1) is 6.54 Å². The number of hydrogen-bond donors (Lipinski definition) is 2. The lowest BCUT2D eigenvalue weighted by Gasteiger charge is -2.12. The van der Waals surface area contributed by atoms with E-state index in [9.17, 15) is 5.11 Å². The van der Waals surface area contributed by atoms with Crippen LogP contribution in [0.15, 0.2) is 28.8 Å². The number of benzene rings is 1. The van der Waals surface area contributed by atoms with Gasteiger partial charge in [0.1, 0.15) is 5.75 Å². The molecule has 19 heavy (non-hydrogen) atoms. The number of aryl methyl sites for hydroxylation is 2. The molecule has 1 atom stereocenters. The molecule has 0 bridgehead atoms. The molecule has 102 valence electrons. The number of hydrogen-bond acceptors (Lipinski definition) is 5. The highest BCUT2D eigenvalue weighted by atomic mass is 16.5. The summed E-state index contributed by atoms with van der Waals surface area (Å²) in [5, 5.41) is 16.4. The Morgan fingerprint density at radius 1 is 1.32 bits per heavy atom. The van der Waals surface area contributed by atoms with Crippen LogP contribution in [0.2, 0.25) is 0 Å². The lowest BCUT2D eigenvalue weighted by Crippen LogP contribution is -2.26. The van der Waals surface area contributed by atoms with Gasteiger partial charge in [0.15, 0.2) is 5.82 Å². The topological polar surface area (TPSA) is 71.2 Å². The third kappa shape index (κ3) is 4.37. The molecule has 0 radical (unpaired) electrons. The van der Waals surface area contributed by atoms with E-state index in [1.54, 1.807) is 19.1 Å². The lowest BCUT2D eigenvalue weighted by molar-refractivity contribution is 0.383. The van der Waals surface area contributed by atoms with Crippen LogP contribution in [0.4, 0.5) is 0 Å². The molecule has 5 nitrogen and oxygen atoms in total. The van der Waals surface area contributed by atoms with Gasteiger partial charge in [-0.25, -0.2) is 0 Å². The van der Waals surface area contributed by atoms with Crippen molar-refractivity contribution in [2.75, 3.05) is 0 Å². The normalized spacial score (nSPS) is 12.5. The summed E-state index contributed by atoms with van der Waals surface area (Å²) in [6, 6.07) is 7.70. The van der Waals surface area contributed by atoms with Crippen molar-refractivity contribution in [3.8, 4) is 5.75 Å². The van der Waals surface area contributed by atoms with Crippen LogP contribution in [-0.2, 0) is 13.0 Å². The monoisotopic (exact) mass is 261 g/mol. The maximum Gasteiger partial charge on any atom is 0.223 e. The summed E-state index contributed by atoms with van der Waals surface area (Å²) in [4.78, 5) is 4.14. The molecule has 0 aliphatic heterocycles. The Hall–Kier alpha value is -1.88. The van der Waals surface area contributed by atoms with Crippen molar-refractivity contribution < 1.29 is 9.63 Å². The number of phenolic OH excluding ortho intramolecular Hbond substituents is 1. The second-order valence-electron chi connectivity index (χ2n) is 4.72. The van der Waals surface area contributed by atoms with Crippen LogP contribution in [0.5, 0.6) is 5.75 Å². The van der Waals surface area contributed by atoms with E-state index in [1.165, 1.54) is 5.56 Å². The highest BCUT2D eigenvalue weighted by Crippen LogP contribution is 2.12. The van der Waals surface area contributed by atoms with Gasteiger partial charge < -0.3 is 14.9 Å². The maximum absolute atomic E-state index is 9.21. The standard InChI is InChI=1S/C14H19N3O2/c1-10(15-9-14-16-11(2)19-17-14)3-4-12-5-7-13(18)8-6-12/h5-8,10,15,18H,3-4,9H2,1-2H3. The number of nitrogens with one attached hydrogen (secondary N) is 1. The second-order valence-corrected chi connectivity index (χ2v) is 4.72. The van der Waals surface area contributed by atoms with E-state index in [4.69, 9.17) is 4.52 Å². The zero-order chi connectivity index (χ0) is 13.7. The summed E-state index contributed by atoms with van der Waals surface area (Å²) in [6.45, 7) is 4.53. The zero-order valence-electron chi connectivity index (χ0n) is 11.3. The van der Waals surface area contributed by atoms with Crippen molar-refractivity contribution in [3.63, 3.8) is 0 Å². The van der Waals surface area contributed by atoms with E-state index in [-0.39, 0.29) is 0 Å². The number of rotatable bonds is 6. The first-order valence-corrected chi connectivity index (χ1v) is 6.44. The molecular formula is C14H19N3O2. The van der Waals surface area contributed by atoms with E-state index in [2.05, 4.69) is 22.4 Å². The van der Waals surface area contributed by atoms with Crippen molar-refractivity contribution in [2.45, 2.75) is 39.3 Å². The van der Waals surface area contributed by atoms with Crippen molar-refractivity contribution >= 4 is 0 Å². The summed E-state index contributed by atoms with van der Waals surface area (Å²) in [7, 11) is 0. The Balaban J connectivity index is 1.72. The summed E-state index contributed by atoms with van der Waals surface area (Å²) < 4.78 is 4.91. The van der Waals surface area contributed by atoms with Gasteiger partial charge in [-0.1, -0.05) is 17.3 Å². The first-order valence-electron chi connectivity index (χ1n) is 6.44. The van der Waals surface area contributed by atoms with E-state index in [0.717, 1.165) is 12.8 Å². The van der Waals surface area contributed by atoms with Gasteiger partial charge in [-0.15, -0.1) is 0 Å². The number of nitrogens with zero attached hydrogens (tertiary/aromatic N) is 2. The van der Waals surface area contributed by atoms with Crippen LogP contribution in [0.1, 0.15) is 30.6 Å². The Labute approximate surface area is 112 Å². The number of phenols is 1. The van der Waals surface area contributed by atoms with Gasteiger partial charge in [0.25, 0.3) is 0 Å². The molecular weight excluding hydrogens is 242 g/mol. The second kappa shape index (κ2) is 6.33. The minimum atomic E-state index is 0.308.